The lowest BCUT2D eigenvalue weighted by Crippen LogP contribution is -2.27. The van der Waals surface area contributed by atoms with Gasteiger partial charge in [0, 0.05) is 6.08 Å². The Morgan fingerprint density at radius 3 is 2.64 bits per heavy atom. The molecule has 0 saturated carbocycles. The van der Waals surface area contributed by atoms with E-state index in [1.807, 2.05) is 0 Å². The van der Waals surface area contributed by atoms with Gasteiger partial charge in [0.05, 0.1) is 0 Å². The Hall–Kier alpha value is -0.845. The van der Waals surface area contributed by atoms with Gasteiger partial charge in [0.2, 0.25) is 0 Å². The van der Waals surface area contributed by atoms with Gasteiger partial charge in [0.15, 0.2) is 6.29 Å². The maximum absolute atomic E-state index is 10.4. The summed E-state index contributed by atoms with van der Waals surface area (Å²) in [4.78, 5) is 10.4. The van der Waals surface area contributed by atoms with Gasteiger partial charge in [-0.2, -0.15) is 0 Å². The van der Waals surface area contributed by atoms with Crippen LogP contribution in [0.3, 0.4) is 0 Å². The van der Waals surface area contributed by atoms with E-state index in [0.29, 0.717) is 0 Å². The normalized spacial score (nSPS) is 11.9. The van der Waals surface area contributed by atoms with Crippen LogP contribution in [0.5, 0.6) is 0 Å². The molecule has 6 heteroatoms. The van der Waals surface area contributed by atoms with Crippen LogP contribution in [0.4, 0.5) is 0 Å². The SMILES string of the molecule is C=CC(=O)OC(C)OB(O)O. The monoisotopic (exact) mass is 160 g/mol. The summed E-state index contributed by atoms with van der Waals surface area (Å²) in [6.45, 7) is 4.49. The first-order valence-electron chi connectivity index (χ1n) is 2.91. The largest absolute Gasteiger partial charge is 0.636 e. The molecule has 5 nitrogen and oxygen atoms in total. The van der Waals surface area contributed by atoms with Crippen LogP contribution >= 0.6 is 0 Å². The minimum absolute atomic E-state index is 0.682. The average Bonchev–Trinajstić information content (AvgIpc) is 1.85. The van der Waals surface area contributed by atoms with E-state index >= 15 is 0 Å². The molecule has 11 heavy (non-hydrogen) atoms. The summed E-state index contributed by atoms with van der Waals surface area (Å²) in [6, 6.07) is 0. The van der Waals surface area contributed by atoms with Crippen LogP contribution in [0.1, 0.15) is 6.92 Å². The maximum Gasteiger partial charge on any atom is 0.636 e. The fourth-order valence-corrected chi connectivity index (χ4v) is 0.411. The molecule has 62 valence electrons. The first-order valence-corrected chi connectivity index (χ1v) is 2.91. The van der Waals surface area contributed by atoms with Crippen LogP contribution in [0.2, 0.25) is 0 Å². The summed E-state index contributed by atoms with van der Waals surface area (Å²) in [5, 5.41) is 16.4. The van der Waals surface area contributed by atoms with E-state index in [4.69, 9.17) is 10.0 Å². The van der Waals surface area contributed by atoms with Crippen LogP contribution in [0.15, 0.2) is 12.7 Å². The van der Waals surface area contributed by atoms with Gasteiger partial charge in [-0.15, -0.1) is 0 Å². The predicted octanol–water partition coefficient (Wildman–Crippen LogP) is -0.952. The number of esters is 1. The van der Waals surface area contributed by atoms with Gasteiger partial charge in [0.25, 0.3) is 0 Å². The highest BCUT2D eigenvalue weighted by molar-refractivity contribution is 6.32. The van der Waals surface area contributed by atoms with Crippen molar-refractivity contribution in [3.05, 3.63) is 12.7 Å². The van der Waals surface area contributed by atoms with E-state index in [9.17, 15) is 4.79 Å². The lowest BCUT2D eigenvalue weighted by molar-refractivity contribution is -0.158. The van der Waals surface area contributed by atoms with Gasteiger partial charge in [-0.05, 0) is 6.92 Å². The van der Waals surface area contributed by atoms with Crippen molar-refractivity contribution in [2.75, 3.05) is 0 Å². The summed E-state index contributed by atoms with van der Waals surface area (Å²) >= 11 is 0. The third-order valence-electron chi connectivity index (χ3n) is 0.762. The molecule has 0 aliphatic heterocycles. The lowest BCUT2D eigenvalue weighted by atomic mass is 10.3. The molecule has 0 aromatic rings. The third-order valence-corrected chi connectivity index (χ3v) is 0.762. The topological polar surface area (TPSA) is 76.0 Å². The van der Waals surface area contributed by atoms with Gasteiger partial charge in [-0.25, -0.2) is 4.79 Å². The molecule has 0 aliphatic rings. The molecule has 0 aliphatic carbocycles. The van der Waals surface area contributed by atoms with Gasteiger partial charge in [-0.1, -0.05) is 6.58 Å². The quantitative estimate of drug-likeness (QED) is 0.240. The molecule has 0 amide bonds. The molecule has 2 N–H and O–H groups in total. The smallest absolute Gasteiger partial charge is 0.434 e. The molecule has 0 rings (SSSR count). The molecule has 0 spiro atoms. The van der Waals surface area contributed by atoms with Crippen LogP contribution in [-0.2, 0) is 14.2 Å². The second kappa shape index (κ2) is 4.89. The second-order valence-corrected chi connectivity index (χ2v) is 1.67. The molecule has 1 unspecified atom stereocenters. The minimum atomic E-state index is -1.94. The van der Waals surface area contributed by atoms with E-state index < -0.39 is 19.6 Å². The summed E-state index contributed by atoms with van der Waals surface area (Å²) in [6.07, 6.45) is -0.0515. The first kappa shape index (κ1) is 10.2. The second-order valence-electron chi connectivity index (χ2n) is 1.67. The van der Waals surface area contributed by atoms with E-state index in [1.54, 1.807) is 0 Å². The highest BCUT2D eigenvalue weighted by Crippen LogP contribution is 1.94. The molecule has 0 aromatic heterocycles. The van der Waals surface area contributed by atoms with Crippen molar-refractivity contribution >= 4 is 13.3 Å². The molecule has 0 bridgehead atoms. The third kappa shape index (κ3) is 5.59. The summed E-state index contributed by atoms with van der Waals surface area (Å²) in [5.74, 6) is -0.682. The molecular formula is C5H9BO5. The van der Waals surface area contributed by atoms with Crippen LogP contribution in [0.25, 0.3) is 0 Å². The number of carbonyl (C=O) groups excluding carboxylic acids is 1. The van der Waals surface area contributed by atoms with Crippen molar-refractivity contribution < 1.29 is 24.2 Å². The van der Waals surface area contributed by atoms with Gasteiger partial charge in [-0.3, -0.25) is 0 Å². The van der Waals surface area contributed by atoms with Crippen molar-refractivity contribution in [1.82, 2.24) is 0 Å². The number of ether oxygens (including phenoxy) is 1. The highest BCUT2D eigenvalue weighted by atomic mass is 16.7. The molecule has 0 fully saturated rings. The molecule has 0 radical (unpaired) electrons. The van der Waals surface area contributed by atoms with Crippen molar-refractivity contribution in [3.63, 3.8) is 0 Å². The van der Waals surface area contributed by atoms with E-state index in [-0.39, 0.29) is 0 Å². The lowest BCUT2D eigenvalue weighted by Gasteiger charge is -2.11. The highest BCUT2D eigenvalue weighted by Gasteiger charge is 2.15. The Morgan fingerprint density at radius 1 is 1.73 bits per heavy atom. The average molecular weight is 160 g/mol. The fourth-order valence-electron chi connectivity index (χ4n) is 0.411. The summed E-state index contributed by atoms with van der Waals surface area (Å²) in [7, 11) is -1.94. The van der Waals surface area contributed by atoms with Gasteiger partial charge >= 0.3 is 13.3 Å². The van der Waals surface area contributed by atoms with Crippen LogP contribution < -0.4 is 0 Å². The first-order chi connectivity index (χ1) is 5.06. The van der Waals surface area contributed by atoms with E-state index in [2.05, 4.69) is 16.0 Å². The number of hydrogen-bond donors (Lipinski definition) is 2. The van der Waals surface area contributed by atoms with Crippen molar-refractivity contribution in [2.45, 2.75) is 13.2 Å². The summed E-state index contributed by atoms with van der Waals surface area (Å²) in [5.41, 5.74) is 0. The number of carbonyl (C=O) groups is 1. The Balaban J connectivity index is 3.59. The molecule has 1 atom stereocenters. The summed E-state index contributed by atoms with van der Waals surface area (Å²) < 4.78 is 8.65. The Kier molecular flexibility index (Phi) is 4.52. The predicted molar refractivity (Wildman–Crippen MR) is 37.0 cm³/mol. The zero-order chi connectivity index (χ0) is 8.85. The van der Waals surface area contributed by atoms with E-state index in [1.165, 1.54) is 6.92 Å². The Labute approximate surface area is 64.4 Å². The molecule has 0 aromatic carbocycles. The molecule has 0 saturated heterocycles. The van der Waals surface area contributed by atoms with Crippen LogP contribution in [-0.4, -0.2) is 29.6 Å². The van der Waals surface area contributed by atoms with Crippen LogP contribution in [0, 0.1) is 0 Å². The number of hydrogen-bond acceptors (Lipinski definition) is 5. The zero-order valence-corrected chi connectivity index (χ0v) is 6.06. The molecule has 0 heterocycles. The maximum atomic E-state index is 10.4. The molecular weight excluding hydrogens is 151 g/mol. The standard InChI is InChI=1S/C5H9BO5/c1-3-5(7)10-4(2)11-6(8)9/h3-4,8-9H,1H2,2H3. The van der Waals surface area contributed by atoms with Crippen molar-refractivity contribution in [1.29, 1.82) is 0 Å². The van der Waals surface area contributed by atoms with Gasteiger partial charge < -0.3 is 19.4 Å². The van der Waals surface area contributed by atoms with E-state index in [0.717, 1.165) is 6.08 Å². The minimum Gasteiger partial charge on any atom is -0.434 e. The fraction of sp³-hybridized carbons (Fsp3) is 0.400. The Bertz CT molecular complexity index is 146. The van der Waals surface area contributed by atoms with Gasteiger partial charge in [0.1, 0.15) is 0 Å². The van der Waals surface area contributed by atoms with Crippen molar-refractivity contribution in [3.8, 4) is 0 Å². The Morgan fingerprint density at radius 2 is 2.27 bits per heavy atom. The van der Waals surface area contributed by atoms with Crippen molar-refractivity contribution in [2.24, 2.45) is 0 Å². The number of rotatable bonds is 4. The zero-order valence-electron chi connectivity index (χ0n) is 6.06.